The molecule has 1 fully saturated rings. The Hall–Kier alpha value is -3.25. The predicted octanol–water partition coefficient (Wildman–Crippen LogP) is 6.51. The SMILES string of the molecule is CCOc1ccc(N=C2NC(=O)/C(=C\c3cc(C)n(-c4ccc(C(C)C)cc4)c3C)S2)cc1. The molecule has 1 amide bonds. The van der Waals surface area contributed by atoms with Gasteiger partial charge >= 0.3 is 0 Å². The van der Waals surface area contributed by atoms with Crippen molar-refractivity contribution in [3.8, 4) is 11.4 Å². The van der Waals surface area contributed by atoms with Crippen molar-refractivity contribution in [2.75, 3.05) is 6.61 Å². The number of nitrogens with one attached hydrogen (secondary N) is 1. The van der Waals surface area contributed by atoms with Crippen molar-refractivity contribution in [1.82, 2.24) is 9.88 Å². The van der Waals surface area contributed by atoms with Gasteiger partial charge in [-0.05, 0) is 98.1 Å². The summed E-state index contributed by atoms with van der Waals surface area (Å²) in [6.45, 7) is 11.1. The lowest BCUT2D eigenvalue weighted by atomic mass is 10.0. The smallest absolute Gasteiger partial charge is 0.264 e. The van der Waals surface area contributed by atoms with Gasteiger partial charge in [0, 0.05) is 17.1 Å². The van der Waals surface area contributed by atoms with E-state index in [0.717, 1.165) is 34.1 Å². The maximum atomic E-state index is 12.6. The molecule has 170 valence electrons. The Kier molecular flexibility index (Phi) is 6.75. The maximum Gasteiger partial charge on any atom is 0.264 e. The lowest BCUT2D eigenvalue weighted by molar-refractivity contribution is -0.115. The third-order valence-electron chi connectivity index (χ3n) is 5.60. The zero-order valence-corrected chi connectivity index (χ0v) is 20.5. The molecule has 6 heteroatoms. The van der Waals surface area contributed by atoms with Crippen molar-refractivity contribution in [3.63, 3.8) is 0 Å². The second kappa shape index (κ2) is 9.71. The summed E-state index contributed by atoms with van der Waals surface area (Å²) in [4.78, 5) is 17.8. The number of amides is 1. The van der Waals surface area contributed by atoms with Gasteiger partial charge in [-0.2, -0.15) is 0 Å². The van der Waals surface area contributed by atoms with Crippen molar-refractivity contribution in [1.29, 1.82) is 0 Å². The third kappa shape index (κ3) is 5.06. The minimum absolute atomic E-state index is 0.129. The maximum absolute atomic E-state index is 12.6. The highest BCUT2D eigenvalue weighted by molar-refractivity contribution is 8.18. The van der Waals surface area contributed by atoms with Crippen LogP contribution in [0.1, 0.15) is 49.2 Å². The third-order valence-corrected chi connectivity index (χ3v) is 6.51. The highest BCUT2D eigenvalue weighted by Crippen LogP contribution is 2.31. The fraction of sp³-hybridized carbons (Fsp3) is 0.259. The highest BCUT2D eigenvalue weighted by atomic mass is 32.2. The molecule has 33 heavy (non-hydrogen) atoms. The molecule has 0 unspecified atom stereocenters. The first kappa shape index (κ1) is 22.9. The van der Waals surface area contributed by atoms with Crippen LogP contribution in [0.5, 0.6) is 5.75 Å². The summed E-state index contributed by atoms with van der Waals surface area (Å²) in [6.07, 6.45) is 1.95. The van der Waals surface area contributed by atoms with Crippen molar-refractivity contribution < 1.29 is 9.53 Å². The molecule has 0 atom stereocenters. The number of ether oxygens (including phenoxy) is 1. The van der Waals surface area contributed by atoms with Gasteiger partial charge in [-0.3, -0.25) is 4.79 Å². The molecule has 1 N–H and O–H groups in total. The fourth-order valence-corrected chi connectivity index (χ4v) is 4.69. The zero-order valence-electron chi connectivity index (χ0n) is 19.7. The molecule has 1 aromatic heterocycles. The van der Waals surface area contributed by atoms with Gasteiger partial charge in [0.1, 0.15) is 5.75 Å². The van der Waals surface area contributed by atoms with Gasteiger partial charge in [0.25, 0.3) is 5.91 Å². The summed E-state index contributed by atoms with van der Waals surface area (Å²) in [5.41, 5.74) is 6.47. The van der Waals surface area contributed by atoms with E-state index in [9.17, 15) is 4.79 Å². The van der Waals surface area contributed by atoms with Gasteiger partial charge in [0.15, 0.2) is 5.17 Å². The first-order valence-electron chi connectivity index (χ1n) is 11.2. The Morgan fingerprint density at radius 2 is 1.79 bits per heavy atom. The number of rotatable bonds is 6. The second-order valence-electron chi connectivity index (χ2n) is 8.32. The van der Waals surface area contributed by atoms with Gasteiger partial charge in [-0.1, -0.05) is 26.0 Å². The van der Waals surface area contributed by atoms with Gasteiger partial charge in [-0.15, -0.1) is 0 Å². The summed E-state index contributed by atoms with van der Waals surface area (Å²) in [7, 11) is 0. The van der Waals surface area contributed by atoms with Crippen molar-refractivity contribution in [3.05, 3.63) is 82.0 Å². The molecule has 1 aliphatic heterocycles. The summed E-state index contributed by atoms with van der Waals surface area (Å²) >= 11 is 1.36. The zero-order chi connectivity index (χ0) is 23.5. The van der Waals surface area contributed by atoms with Crippen LogP contribution in [0.25, 0.3) is 11.8 Å². The van der Waals surface area contributed by atoms with Crippen LogP contribution in [0.2, 0.25) is 0 Å². The number of thioether (sulfide) groups is 1. The minimum Gasteiger partial charge on any atom is -0.494 e. The largest absolute Gasteiger partial charge is 0.494 e. The second-order valence-corrected chi connectivity index (χ2v) is 9.35. The number of aromatic nitrogens is 1. The lowest BCUT2D eigenvalue weighted by Gasteiger charge is -2.12. The number of nitrogens with zero attached hydrogens (tertiary/aromatic N) is 2. The number of carbonyl (C=O) groups is 1. The molecule has 0 saturated carbocycles. The molecule has 1 aliphatic rings. The van der Waals surface area contributed by atoms with Gasteiger partial charge in [-0.25, -0.2) is 4.99 Å². The Balaban J connectivity index is 1.56. The Bertz CT molecular complexity index is 1220. The molecule has 2 heterocycles. The predicted molar refractivity (Wildman–Crippen MR) is 138 cm³/mol. The Morgan fingerprint density at radius 1 is 1.09 bits per heavy atom. The first-order chi connectivity index (χ1) is 15.9. The monoisotopic (exact) mass is 459 g/mol. The van der Waals surface area contributed by atoms with Crippen LogP contribution in [-0.4, -0.2) is 22.2 Å². The molecular weight excluding hydrogens is 430 g/mol. The average molecular weight is 460 g/mol. The molecule has 0 radical (unpaired) electrons. The molecular formula is C27H29N3O2S. The van der Waals surface area contributed by atoms with Crippen LogP contribution >= 0.6 is 11.8 Å². The van der Waals surface area contributed by atoms with Crippen molar-refractivity contribution in [2.45, 2.75) is 40.5 Å². The highest BCUT2D eigenvalue weighted by Gasteiger charge is 2.24. The summed E-state index contributed by atoms with van der Waals surface area (Å²) in [6, 6.07) is 18.3. The first-order valence-corrected chi connectivity index (χ1v) is 12.0. The molecule has 2 aromatic carbocycles. The van der Waals surface area contributed by atoms with Crippen molar-refractivity contribution in [2.24, 2.45) is 4.99 Å². The van der Waals surface area contributed by atoms with Crippen LogP contribution in [0, 0.1) is 13.8 Å². The van der Waals surface area contributed by atoms with E-state index < -0.39 is 0 Å². The molecule has 4 rings (SSSR count). The molecule has 0 bridgehead atoms. The number of aliphatic imine (C=N–C) groups is 1. The number of amidine groups is 1. The molecule has 0 spiro atoms. The number of hydrogen-bond donors (Lipinski definition) is 1. The van der Waals surface area contributed by atoms with E-state index in [0.29, 0.717) is 22.6 Å². The summed E-state index contributed by atoms with van der Waals surface area (Å²) in [5.74, 6) is 1.18. The normalized spacial score (nSPS) is 16.1. The van der Waals surface area contributed by atoms with E-state index >= 15 is 0 Å². The quantitative estimate of drug-likeness (QED) is 0.428. The molecule has 3 aromatic rings. The van der Waals surface area contributed by atoms with Crippen LogP contribution in [0.15, 0.2) is 64.5 Å². The summed E-state index contributed by atoms with van der Waals surface area (Å²) < 4.78 is 7.69. The van der Waals surface area contributed by atoms with Crippen LogP contribution in [-0.2, 0) is 4.79 Å². The van der Waals surface area contributed by atoms with Gasteiger partial charge in [0.05, 0.1) is 17.2 Å². The standard InChI is InChI=1S/C27H29N3O2S/c1-6-32-24-13-9-22(10-14-24)28-27-29-26(31)25(33-27)16-21-15-18(4)30(19(21)5)23-11-7-20(8-12-23)17(2)3/h7-17H,6H2,1-5H3,(H,28,29,31)/b25-16+. The minimum atomic E-state index is -0.129. The lowest BCUT2D eigenvalue weighted by Crippen LogP contribution is -2.19. The van der Waals surface area contributed by atoms with E-state index in [4.69, 9.17) is 4.74 Å². The Labute approximate surface area is 199 Å². The van der Waals surface area contributed by atoms with E-state index in [1.807, 2.05) is 37.3 Å². The molecule has 5 nitrogen and oxygen atoms in total. The van der Waals surface area contributed by atoms with Gasteiger partial charge in [0.2, 0.25) is 0 Å². The summed E-state index contributed by atoms with van der Waals surface area (Å²) in [5, 5.41) is 3.45. The number of aryl methyl sites for hydroxylation is 1. The fourth-order valence-electron chi connectivity index (χ4n) is 3.86. The van der Waals surface area contributed by atoms with E-state index in [1.54, 1.807) is 0 Å². The number of carbonyl (C=O) groups excluding carboxylic acids is 1. The topological polar surface area (TPSA) is 55.6 Å². The van der Waals surface area contributed by atoms with Crippen LogP contribution < -0.4 is 10.1 Å². The van der Waals surface area contributed by atoms with Crippen molar-refractivity contribution >= 4 is 34.6 Å². The van der Waals surface area contributed by atoms with Crippen LogP contribution in [0.4, 0.5) is 5.69 Å². The molecule has 0 aliphatic carbocycles. The van der Waals surface area contributed by atoms with E-state index in [2.05, 4.69) is 72.9 Å². The Morgan fingerprint density at radius 3 is 2.42 bits per heavy atom. The number of benzene rings is 2. The van der Waals surface area contributed by atoms with E-state index in [1.165, 1.54) is 17.3 Å². The number of hydrogen-bond acceptors (Lipinski definition) is 4. The van der Waals surface area contributed by atoms with Gasteiger partial charge < -0.3 is 14.6 Å². The molecule has 1 saturated heterocycles. The van der Waals surface area contributed by atoms with Crippen LogP contribution in [0.3, 0.4) is 0 Å². The average Bonchev–Trinajstić information content (AvgIpc) is 3.27. The van der Waals surface area contributed by atoms with E-state index in [-0.39, 0.29) is 5.91 Å².